The zero-order valence-corrected chi connectivity index (χ0v) is 8.84. The van der Waals surface area contributed by atoms with E-state index in [2.05, 4.69) is 25.6 Å². The first kappa shape index (κ1) is 9.71. The lowest BCUT2D eigenvalue weighted by Gasteiger charge is -2.06. The lowest BCUT2D eigenvalue weighted by molar-refractivity contribution is -0.117. The standard InChI is InChI=1S/C11H9N5O/c17-10-6-14-11(16-10)15-7-1-2-8-9(5-7)13-4-3-12-8/h1-5H,6H2,(H2,14,15,16,17). The number of hydrogen-bond donors (Lipinski definition) is 2. The number of guanidine groups is 1. The predicted molar refractivity (Wildman–Crippen MR) is 63.6 cm³/mol. The third-order valence-electron chi connectivity index (χ3n) is 2.37. The highest BCUT2D eigenvalue weighted by molar-refractivity contribution is 6.09. The SMILES string of the molecule is O=C1CN=C(Nc2ccc3nccnc3c2)N1. The molecule has 0 bridgehead atoms. The van der Waals surface area contributed by atoms with Crippen molar-refractivity contribution in [2.24, 2.45) is 4.99 Å². The van der Waals surface area contributed by atoms with E-state index in [1.807, 2.05) is 18.2 Å². The van der Waals surface area contributed by atoms with E-state index in [0.29, 0.717) is 5.96 Å². The molecule has 2 heterocycles. The molecule has 2 N–H and O–H groups in total. The highest BCUT2D eigenvalue weighted by atomic mass is 16.2. The summed E-state index contributed by atoms with van der Waals surface area (Å²) in [4.78, 5) is 23.3. The minimum Gasteiger partial charge on any atom is -0.326 e. The van der Waals surface area contributed by atoms with Gasteiger partial charge in [-0.1, -0.05) is 0 Å². The van der Waals surface area contributed by atoms with Crippen LogP contribution < -0.4 is 10.6 Å². The van der Waals surface area contributed by atoms with Crippen LogP contribution in [0, 0.1) is 0 Å². The molecule has 6 nitrogen and oxygen atoms in total. The van der Waals surface area contributed by atoms with E-state index in [1.54, 1.807) is 12.4 Å². The van der Waals surface area contributed by atoms with Gasteiger partial charge in [0.1, 0.15) is 6.54 Å². The summed E-state index contributed by atoms with van der Waals surface area (Å²) in [5.74, 6) is 0.367. The van der Waals surface area contributed by atoms with Crippen molar-refractivity contribution in [1.29, 1.82) is 0 Å². The molecule has 1 aliphatic rings. The summed E-state index contributed by atoms with van der Waals surface area (Å²) < 4.78 is 0. The van der Waals surface area contributed by atoms with E-state index in [9.17, 15) is 4.79 Å². The average Bonchev–Trinajstić information content (AvgIpc) is 2.75. The number of benzene rings is 1. The van der Waals surface area contributed by atoms with Crippen LogP contribution in [0.15, 0.2) is 35.6 Å². The number of fused-ring (bicyclic) bond motifs is 1. The van der Waals surface area contributed by atoms with E-state index in [-0.39, 0.29) is 12.5 Å². The number of carbonyl (C=O) groups is 1. The Hall–Kier alpha value is -2.50. The molecule has 84 valence electrons. The van der Waals surface area contributed by atoms with Crippen molar-refractivity contribution in [3.05, 3.63) is 30.6 Å². The summed E-state index contributed by atoms with van der Waals surface area (Å²) in [7, 11) is 0. The van der Waals surface area contributed by atoms with Gasteiger partial charge < -0.3 is 5.32 Å². The van der Waals surface area contributed by atoms with Crippen LogP contribution >= 0.6 is 0 Å². The zero-order valence-electron chi connectivity index (χ0n) is 8.84. The summed E-state index contributed by atoms with van der Waals surface area (Å²) in [5, 5.41) is 5.63. The summed E-state index contributed by atoms with van der Waals surface area (Å²) in [6, 6.07) is 5.58. The third kappa shape index (κ3) is 1.92. The van der Waals surface area contributed by atoms with Gasteiger partial charge in [0.15, 0.2) is 0 Å². The van der Waals surface area contributed by atoms with Gasteiger partial charge in [-0.3, -0.25) is 20.1 Å². The predicted octanol–water partition coefficient (Wildman–Crippen LogP) is 0.527. The monoisotopic (exact) mass is 227 g/mol. The van der Waals surface area contributed by atoms with E-state index in [1.165, 1.54) is 0 Å². The van der Waals surface area contributed by atoms with Crippen LogP contribution in [-0.2, 0) is 4.79 Å². The summed E-state index contributed by atoms with van der Waals surface area (Å²) in [6.07, 6.45) is 3.29. The Morgan fingerprint density at radius 3 is 2.76 bits per heavy atom. The van der Waals surface area contributed by atoms with Crippen molar-refractivity contribution in [3.63, 3.8) is 0 Å². The van der Waals surface area contributed by atoms with Crippen LogP contribution in [0.1, 0.15) is 0 Å². The second-order valence-electron chi connectivity index (χ2n) is 3.60. The number of aliphatic imine (C=N–C) groups is 1. The fraction of sp³-hybridized carbons (Fsp3) is 0.0909. The Bertz CT molecular complexity index is 622. The first-order valence-corrected chi connectivity index (χ1v) is 5.13. The van der Waals surface area contributed by atoms with Crippen molar-refractivity contribution in [2.45, 2.75) is 0 Å². The van der Waals surface area contributed by atoms with Gasteiger partial charge in [0.05, 0.1) is 11.0 Å². The Morgan fingerprint density at radius 2 is 2.00 bits per heavy atom. The molecule has 6 heteroatoms. The van der Waals surface area contributed by atoms with Gasteiger partial charge in [-0.2, -0.15) is 0 Å². The number of anilines is 1. The first-order valence-electron chi connectivity index (χ1n) is 5.13. The maximum absolute atomic E-state index is 11.0. The number of nitrogens with one attached hydrogen (secondary N) is 2. The Labute approximate surface area is 96.8 Å². The molecule has 0 fully saturated rings. The van der Waals surface area contributed by atoms with Gasteiger partial charge in [0, 0.05) is 18.1 Å². The minimum atomic E-state index is -0.104. The molecule has 1 amide bonds. The molecule has 17 heavy (non-hydrogen) atoms. The van der Waals surface area contributed by atoms with Gasteiger partial charge in [-0.15, -0.1) is 0 Å². The molecule has 1 aliphatic heterocycles. The largest absolute Gasteiger partial charge is 0.326 e. The maximum atomic E-state index is 11.0. The molecule has 0 unspecified atom stereocenters. The quantitative estimate of drug-likeness (QED) is 0.744. The van der Waals surface area contributed by atoms with Crippen molar-refractivity contribution < 1.29 is 4.79 Å². The smallest absolute Gasteiger partial charge is 0.248 e. The maximum Gasteiger partial charge on any atom is 0.248 e. The highest BCUT2D eigenvalue weighted by Crippen LogP contribution is 2.15. The number of aromatic nitrogens is 2. The van der Waals surface area contributed by atoms with Crippen molar-refractivity contribution in [1.82, 2.24) is 15.3 Å². The minimum absolute atomic E-state index is 0.104. The van der Waals surface area contributed by atoms with Crippen LogP contribution in [0.5, 0.6) is 0 Å². The van der Waals surface area contributed by atoms with Gasteiger partial charge in [0.2, 0.25) is 11.9 Å². The molecule has 3 rings (SSSR count). The van der Waals surface area contributed by atoms with Crippen LogP contribution in [0.2, 0.25) is 0 Å². The normalized spacial score (nSPS) is 14.6. The Balaban J connectivity index is 1.88. The number of nitrogens with zero attached hydrogens (tertiary/aromatic N) is 3. The molecule has 0 atom stereocenters. The average molecular weight is 227 g/mol. The van der Waals surface area contributed by atoms with Crippen molar-refractivity contribution in [3.8, 4) is 0 Å². The molecule has 0 aliphatic carbocycles. The van der Waals surface area contributed by atoms with Crippen LogP contribution in [0.25, 0.3) is 11.0 Å². The summed E-state index contributed by atoms with van der Waals surface area (Å²) in [6.45, 7) is 0.176. The molecule has 1 aromatic heterocycles. The van der Waals surface area contributed by atoms with Gasteiger partial charge in [0.25, 0.3) is 0 Å². The van der Waals surface area contributed by atoms with E-state index < -0.39 is 0 Å². The Morgan fingerprint density at radius 1 is 1.18 bits per heavy atom. The van der Waals surface area contributed by atoms with Crippen molar-refractivity contribution >= 4 is 28.6 Å². The molecule has 2 aromatic rings. The summed E-state index contributed by atoms with van der Waals surface area (Å²) >= 11 is 0. The van der Waals surface area contributed by atoms with Gasteiger partial charge >= 0.3 is 0 Å². The van der Waals surface area contributed by atoms with E-state index in [4.69, 9.17) is 0 Å². The van der Waals surface area contributed by atoms with Gasteiger partial charge in [-0.25, -0.2) is 4.99 Å². The second-order valence-corrected chi connectivity index (χ2v) is 3.60. The lowest BCUT2D eigenvalue weighted by atomic mass is 10.2. The first-order chi connectivity index (χ1) is 8.31. The van der Waals surface area contributed by atoms with Gasteiger partial charge in [-0.05, 0) is 18.2 Å². The van der Waals surface area contributed by atoms with Crippen molar-refractivity contribution in [2.75, 3.05) is 11.9 Å². The van der Waals surface area contributed by atoms with Crippen LogP contribution in [0.4, 0.5) is 5.69 Å². The molecule has 0 saturated heterocycles. The molecular weight excluding hydrogens is 218 g/mol. The Kier molecular flexibility index (Phi) is 2.18. The number of amides is 1. The zero-order chi connectivity index (χ0) is 11.7. The topological polar surface area (TPSA) is 79.3 Å². The third-order valence-corrected chi connectivity index (χ3v) is 2.37. The van der Waals surface area contributed by atoms with Crippen LogP contribution in [-0.4, -0.2) is 28.4 Å². The highest BCUT2D eigenvalue weighted by Gasteiger charge is 2.12. The van der Waals surface area contributed by atoms with E-state index >= 15 is 0 Å². The molecular formula is C11H9N5O. The molecule has 1 aromatic carbocycles. The second kappa shape index (κ2) is 3.82. The molecule has 0 saturated carbocycles. The summed E-state index contributed by atoms with van der Waals surface area (Å²) in [5.41, 5.74) is 2.44. The van der Waals surface area contributed by atoms with E-state index in [0.717, 1.165) is 16.7 Å². The molecule has 0 radical (unpaired) electrons. The fourth-order valence-corrected chi connectivity index (χ4v) is 1.61. The van der Waals surface area contributed by atoms with Crippen LogP contribution in [0.3, 0.4) is 0 Å². The number of hydrogen-bond acceptors (Lipinski definition) is 5. The lowest BCUT2D eigenvalue weighted by Crippen LogP contribution is -2.30. The number of rotatable bonds is 1. The fourth-order valence-electron chi connectivity index (χ4n) is 1.61. The molecule has 0 spiro atoms. The number of carbonyl (C=O) groups excluding carboxylic acids is 1.